The molecule has 0 aliphatic carbocycles. The first-order valence-corrected chi connectivity index (χ1v) is 10.5. The smallest absolute Gasteiger partial charge is 0.263 e. The van der Waals surface area contributed by atoms with E-state index >= 15 is 0 Å². The molecule has 1 aliphatic rings. The van der Waals surface area contributed by atoms with Gasteiger partial charge >= 0.3 is 0 Å². The Kier molecular flexibility index (Phi) is 4.40. The number of amides is 1. The summed E-state index contributed by atoms with van der Waals surface area (Å²) in [7, 11) is 1.62. The SMILES string of the molecule is C=Cc1cc(-c2ccc3c(ccc4sc5c(c43)NC[C@@H](C)NC5=O)n2)c(OC)cn1. The zero-order valence-corrected chi connectivity index (χ0v) is 17.5. The number of ether oxygens (including phenoxy) is 1. The third-order valence-electron chi connectivity index (χ3n) is 5.28. The first-order valence-electron chi connectivity index (χ1n) is 9.67. The molecule has 0 unspecified atom stereocenters. The monoisotopic (exact) mass is 416 g/mol. The van der Waals surface area contributed by atoms with E-state index in [-0.39, 0.29) is 11.9 Å². The van der Waals surface area contributed by atoms with Crippen LogP contribution in [0.5, 0.6) is 5.75 Å². The maximum atomic E-state index is 12.6. The number of methoxy groups -OCH3 is 1. The summed E-state index contributed by atoms with van der Waals surface area (Å²) < 4.78 is 6.55. The third kappa shape index (κ3) is 2.90. The van der Waals surface area contributed by atoms with E-state index < -0.39 is 0 Å². The lowest BCUT2D eigenvalue weighted by Gasteiger charge is -2.11. The first-order chi connectivity index (χ1) is 14.6. The first kappa shape index (κ1) is 18.6. The maximum absolute atomic E-state index is 12.6. The Bertz CT molecular complexity index is 1330. The minimum atomic E-state index is -0.0279. The summed E-state index contributed by atoms with van der Waals surface area (Å²) in [5.41, 5.74) is 4.17. The van der Waals surface area contributed by atoms with Crippen molar-refractivity contribution in [3.05, 3.63) is 53.7 Å². The fourth-order valence-corrected chi connectivity index (χ4v) is 4.91. The van der Waals surface area contributed by atoms with Gasteiger partial charge in [-0.2, -0.15) is 0 Å². The van der Waals surface area contributed by atoms with Crippen molar-refractivity contribution < 1.29 is 9.53 Å². The second-order valence-electron chi connectivity index (χ2n) is 7.28. The summed E-state index contributed by atoms with van der Waals surface area (Å²) in [5.74, 6) is 0.630. The van der Waals surface area contributed by atoms with Crippen LogP contribution in [-0.2, 0) is 0 Å². The summed E-state index contributed by atoms with van der Waals surface area (Å²) in [6.07, 6.45) is 3.38. The number of hydrogen-bond acceptors (Lipinski definition) is 6. The molecule has 0 fully saturated rings. The fourth-order valence-electron chi connectivity index (χ4n) is 3.81. The zero-order chi connectivity index (χ0) is 20.8. The maximum Gasteiger partial charge on any atom is 0.263 e. The molecule has 0 bridgehead atoms. The number of nitrogens with zero attached hydrogens (tertiary/aromatic N) is 2. The Balaban J connectivity index is 1.72. The zero-order valence-electron chi connectivity index (χ0n) is 16.7. The molecule has 1 atom stereocenters. The van der Waals surface area contributed by atoms with Crippen molar-refractivity contribution in [3.8, 4) is 17.0 Å². The molecule has 6 nitrogen and oxygen atoms in total. The van der Waals surface area contributed by atoms with Crippen LogP contribution in [0.2, 0.25) is 0 Å². The Labute approximate surface area is 177 Å². The molecule has 0 radical (unpaired) electrons. The highest BCUT2D eigenvalue weighted by atomic mass is 32.1. The predicted octanol–water partition coefficient (Wildman–Crippen LogP) is 4.71. The number of carbonyl (C=O) groups excluding carboxylic acids is 1. The van der Waals surface area contributed by atoms with Crippen LogP contribution in [0.1, 0.15) is 22.3 Å². The lowest BCUT2D eigenvalue weighted by atomic mass is 10.1. The summed E-state index contributed by atoms with van der Waals surface area (Å²) in [6.45, 7) is 6.48. The van der Waals surface area contributed by atoms with Crippen molar-refractivity contribution in [2.75, 3.05) is 19.0 Å². The largest absolute Gasteiger partial charge is 0.494 e. The van der Waals surface area contributed by atoms with E-state index in [1.165, 1.54) is 11.3 Å². The van der Waals surface area contributed by atoms with Gasteiger partial charge in [-0.25, -0.2) is 4.98 Å². The van der Waals surface area contributed by atoms with Gasteiger partial charge in [0.25, 0.3) is 5.91 Å². The summed E-state index contributed by atoms with van der Waals surface area (Å²) >= 11 is 1.51. The number of carbonyl (C=O) groups is 1. The number of fused-ring (bicyclic) bond motifs is 5. The molecule has 0 saturated heterocycles. The number of rotatable bonds is 3. The fraction of sp³-hybridized carbons (Fsp3) is 0.174. The average molecular weight is 417 g/mol. The van der Waals surface area contributed by atoms with Crippen molar-refractivity contribution in [2.45, 2.75) is 13.0 Å². The number of hydrogen-bond donors (Lipinski definition) is 2. The molecule has 1 amide bonds. The van der Waals surface area contributed by atoms with Crippen molar-refractivity contribution in [1.29, 1.82) is 0 Å². The number of anilines is 1. The van der Waals surface area contributed by atoms with E-state index in [1.807, 2.05) is 31.2 Å². The minimum absolute atomic E-state index is 0.0279. The van der Waals surface area contributed by atoms with Crippen LogP contribution >= 0.6 is 11.3 Å². The van der Waals surface area contributed by atoms with E-state index in [4.69, 9.17) is 9.72 Å². The molecule has 4 aromatic rings. The van der Waals surface area contributed by atoms with Gasteiger partial charge in [-0.1, -0.05) is 6.58 Å². The number of pyridine rings is 2. The van der Waals surface area contributed by atoms with E-state index in [2.05, 4.69) is 28.3 Å². The molecule has 4 heterocycles. The van der Waals surface area contributed by atoms with Gasteiger partial charge in [0.15, 0.2) is 0 Å². The van der Waals surface area contributed by atoms with Crippen LogP contribution in [0.3, 0.4) is 0 Å². The Morgan fingerprint density at radius 1 is 1.30 bits per heavy atom. The highest BCUT2D eigenvalue weighted by molar-refractivity contribution is 7.21. The Hall–Kier alpha value is -3.45. The summed E-state index contributed by atoms with van der Waals surface area (Å²) in [5, 5.41) is 8.55. The molecule has 2 N–H and O–H groups in total. The highest BCUT2D eigenvalue weighted by Crippen LogP contribution is 2.41. The topological polar surface area (TPSA) is 76.1 Å². The molecule has 7 heteroatoms. The third-order valence-corrected chi connectivity index (χ3v) is 6.44. The summed E-state index contributed by atoms with van der Waals surface area (Å²) in [6, 6.07) is 10.1. The molecule has 0 spiro atoms. The van der Waals surface area contributed by atoms with E-state index in [9.17, 15) is 4.79 Å². The molecule has 1 aromatic carbocycles. The van der Waals surface area contributed by atoms with Crippen molar-refractivity contribution >= 4 is 50.0 Å². The minimum Gasteiger partial charge on any atom is -0.494 e. The van der Waals surface area contributed by atoms with Crippen molar-refractivity contribution in [1.82, 2.24) is 15.3 Å². The van der Waals surface area contributed by atoms with Crippen LogP contribution in [-0.4, -0.2) is 35.6 Å². The molecule has 30 heavy (non-hydrogen) atoms. The lowest BCUT2D eigenvalue weighted by Crippen LogP contribution is -2.34. The Morgan fingerprint density at radius 2 is 2.17 bits per heavy atom. The van der Waals surface area contributed by atoms with Crippen LogP contribution in [0.4, 0.5) is 5.69 Å². The van der Waals surface area contributed by atoms with E-state index in [0.717, 1.165) is 48.5 Å². The number of nitrogens with one attached hydrogen (secondary N) is 2. The molecule has 1 aliphatic heterocycles. The quantitative estimate of drug-likeness (QED) is 0.506. The van der Waals surface area contributed by atoms with Gasteiger partial charge in [0.1, 0.15) is 10.6 Å². The van der Waals surface area contributed by atoms with E-state index in [1.54, 1.807) is 19.4 Å². The second-order valence-corrected chi connectivity index (χ2v) is 8.33. The highest BCUT2D eigenvalue weighted by Gasteiger charge is 2.24. The molecule has 0 saturated carbocycles. The number of aromatic nitrogens is 2. The van der Waals surface area contributed by atoms with Crippen molar-refractivity contribution in [2.24, 2.45) is 0 Å². The second kappa shape index (κ2) is 7.11. The molecule has 5 rings (SSSR count). The molecular formula is C23H20N4O2S. The van der Waals surface area contributed by atoms with Crippen LogP contribution < -0.4 is 15.4 Å². The molecular weight excluding hydrogens is 396 g/mol. The number of benzene rings is 1. The lowest BCUT2D eigenvalue weighted by molar-refractivity contribution is 0.0949. The van der Waals surface area contributed by atoms with Crippen LogP contribution in [0.25, 0.3) is 38.3 Å². The molecule has 3 aromatic heterocycles. The van der Waals surface area contributed by atoms with Crippen LogP contribution in [0, 0.1) is 0 Å². The van der Waals surface area contributed by atoms with Crippen LogP contribution in [0.15, 0.2) is 43.1 Å². The van der Waals surface area contributed by atoms with Gasteiger partial charge in [-0.15, -0.1) is 11.3 Å². The molecule has 150 valence electrons. The van der Waals surface area contributed by atoms with E-state index in [0.29, 0.717) is 12.3 Å². The van der Waals surface area contributed by atoms with Gasteiger partial charge in [0, 0.05) is 33.6 Å². The normalized spacial score (nSPS) is 15.9. The standard InChI is InChI=1S/C23H20N4O2S/c1-4-13-9-15(18(29-3)11-24-13)17-6-5-14-16(27-17)7-8-19-20(14)21-22(30-19)23(28)26-12(2)10-25-21/h4-9,11-12,25H,1,10H2,2-3H3,(H,26,28)/t12-/m1/s1. The average Bonchev–Trinajstić information content (AvgIpc) is 3.09. The van der Waals surface area contributed by atoms with Gasteiger partial charge in [0.2, 0.25) is 0 Å². The van der Waals surface area contributed by atoms with Crippen molar-refractivity contribution in [3.63, 3.8) is 0 Å². The number of thiophene rings is 1. The van der Waals surface area contributed by atoms with Gasteiger partial charge in [-0.3, -0.25) is 9.78 Å². The Morgan fingerprint density at radius 3 is 2.97 bits per heavy atom. The predicted molar refractivity (Wildman–Crippen MR) is 122 cm³/mol. The van der Waals surface area contributed by atoms with Gasteiger partial charge in [0.05, 0.1) is 35.9 Å². The summed E-state index contributed by atoms with van der Waals surface area (Å²) in [4.78, 5) is 22.5. The van der Waals surface area contributed by atoms with Gasteiger partial charge in [-0.05, 0) is 43.3 Å². The van der Waals surface area contributed by atoms with Gasteiger partial charge < -0.3 is 15.4 Å².